The van der Waals surface area contributed by atoms with E-state index in [1.807, 2.05) is 41.0 Å². The molecule has 0 radical (unpaired) electrons. The molecule has 0 amide bonds. The zero-order chi connectivity index (χ0) is 20.4. The fourth-order valence-electron chi connectivity index (χ4n) is 2.85. The van der Waals surface area contributed by atoms with Crippen LogP contribution in [0.5, 0.6) is 0 Å². The molecule has 0 spiro atoms. The lowest BCUT2D eigenvalue weighted by molar-refractivity contribution is -0.389. The molecule has 0 N–H and O–H groups in total. The molecule has 0 aliphatic heterocycles. The van der Waals surface area contributed by atoms with E-state index in [9.17, 15) is 10.1 Å². The molecule has 144 valence electrons. The van der Waals surface area contributed by atoms with E-state index in [1.54, 1.807) is 6.07 Å². The van der Waals surface area contributed by atoms with Crippen molar-refractivity contribution in [2.45, 2.75) is 23.9 Å². The van der Waals surface area contributed by atoms with E-state index >= 15 is 0 Å². The lowest BCUT2D eigenvalue weighted by atomic mass is 10.1. The highest BCUT2D eigenvalue weighted by molar-refractivity contribution is 7.99. The lowest BCUT2D eigenvalue weighted by Gasteiger charge is -2.12. The number of hydrogen-bond acceptors (Lipinski definition) is 6. The molecule has 0 aliphatic rings. The number of benzene rings is 2. The van der Waals surface area contributed by atoms with E-state index in [2.05, 4.69) is 41.2 Å². The van der Waals surface area contributed by atoms with Gasteiger partial charge in [-0.25, -0.2) is 0 Å². The number of hydrogen-bond donors (Lipinski definition) is 0. The van der Waals surface area contributed by atoms with E-state index in [0.29, 0.717) is 5.16 Å². The maximum absolute atomic E-state index is 10.8. The maximum Gasteiger partial charge on any atom is 0.363 e. The van der Waals surface area contributed by atoms with Crippen molar-refractivity contribution in [2.75, 3.05) is 0 Å². The number of aryl methyl sites for hydroxylation is 2. The van der Waals surface area contributed by atoms with Gasteiger partial charge in [-0.05, 0) is 64.8 Å². The highest BCUT2D eigenvalue weighted by atomic mass is 32.2. The van der Waals surface area contributed by atoms with Gasteiger partial charge < -0.3 is 10.1 Å². The first-order chi connectivity index (χ1) is 14.0. The Morgan fingerprint density at radius 1 is 0.966 bits per heavy atom. The molecule has 0 saturated heterocycles. The van der Waals surface area contributed by atoms with Crippen LogP contribution in [0.4, 0.5) is 5.82 Å². The summed E-state index contributed by atoms with van der Waals surface area (Å²) in [6, 6.07) is 19.1. The Balaban J connectivity index is 1.80. The minimum atomic E-state index is -0.514. The van der Waals surface area contributed by atoms with E-state index in [1.165, 1.54) is 35.2 Å². The van der Waals surface area contributed by atoms with Gasteiger partial charge in [0, 0.05) is 11.6 Å². The minimum absolute atomic E-state index is 0.185. The van der Waals surface area contributed by atoms with Gasteiger partial charge in [0.2, 0.25) is 5.16 Å². The van der Waals surface area contributed by atoms with Crippen LogP contribution in [0.15, 0.2) is 76.9 Å². The van der Waals surface area contributed by atoms with Gasteiger partial charge in [0.05, 0.1) is 10.6 Å². The van der Waals surface area contributed by atoms with Crippen LogP contribution in [0.3, 0.4) is 0 Å². The van der Waals surface area contributed by atoms with Gasteiger partial charge in [0.1, 0.15) is 0 Å². The van der Waals surface area contributed by atoms with E-state index in [4.69, 9.17) is 0 Å². The summed E-state index contributed by atoms with van der Waals surface area (Å²) in [5.41, 5.74) is 4.28. The van der Waals surface area contributed by atoms with E-state index in [-0.39, 0.29) is 5.82 Å². The van der Waals surface area contributed by atoms with Crippen molar-refractivity contribution in [1.82, 2.24) is 19.7 Å². The topological polar surface area (TPSA) is 86.7 Å². The Morgan fingerprint density at radius 3 is 2.41 bits per heavy atom. The first kappa shape index (κ1) is 18.8. The average Bonchev–Trinajstić information content (AvgIpc) is 3.14. The zero-order valence-electron chi connectivity index (χ0n) is 15.8. The molecular weight excluding hydrogens is 386 g/mol. The molecule has 2 heterocycles. The molecule has 8 heteroatoms. The van der Waals surface area contributed by atoms with Crippen LogP contribution in [0, 0.1) is 24.0 Å². The molecular formula is C21H17N5O2S. The summed E-state index contributed by atoms with van der Waals surface area (Å²) in [6.07, 6.45) is 1.48. The fraction of sp³-hybridized carbons (Fsp3) is 0.0952. The Morgan fingerprint density at radius 2 is 1.76 bits per heavy atom. The van der Waals surface area contributed by atoms with Gasteiger partial charge in [0.25, 0.3) is 0 Å². The first-order valence-electron chi connectivity index (χ1n) is 8.89. The Bertz CT molecular complexity index is 1170. The van der Waals surface area contributed by atoms with Crippen LogP contribution < -0.4 is 0 Å². The quantitative estimate of drug-likeness (QED) is 0.344. The maximum atomic E-state index is 10.8. The normalized spacial score (nSPS) is 10.8. The third-order valence-electron chi connectivity index (χ3n) is 4.53. The first-order valence-corrected chi connectivity index (χ1v) is 9.71. The van der Waals surface area contributed by atoms with Gasteiger partial charge in [-0.2, -0.15) is 0 Å². The van der Waals surface area contributed by atoms with Crippen molar-refractivity contribution in [1.29, 1.82) is 0 Å². The van der Waals surface area contributed by atoms with Gasteiger partial charge in [-0.1, -0.05) is 36.4 Å². The number of pyridine rings is 1. The summed E-state index contributed by atoms with van der Waals surface area (Å²) in [4.78, 5) is 15.0. The SMILES string of the molecule is Cc1ccc(-n2c(Sc3ccc([N+](=O)[O-])nc3)nnc2-c2ccccc2)cc1C. The second-order valence-corrected chi connectivity index (χ2v) is 7.53. The van der Waals surface area contributed by atoms with Crippen LogP contribution in [0.25, 0.3) is 17.1 Å². The number of nitro groups is 1. The molecule has 4 aromatic rings. The summed E-state index contributed by atoms with van der Waals surface area (Å²) in [7, 11) is 0. The highest BCUT2D eigenvalue weighted by Gasteiger charge is 2.18. The van der Waals surface area contributed by atoms with Crippen molar-refractivity contribution in [3.63, 3.8) is 0 Å². The monoisotopic (exact) mass is 403 g/mol. The standard InChI is InChI=1S/C21H17N5O2S/c1-14-8-9-17(12-15(14)2)25-20(16-6-4-3-5-7-16)23-24-21(25)29-18-10-11-19(22-13-18)26(27)28/h3-13H,1-2H3. The van der Waals surface area contributed by atoms with E-state index in [0.717, 1.165) is 22.0 Å². The van der Waals surface area contributed by atoms with Crippen LogP contribution in [-0.4, -0.2) is 24.7 Å². The number of nitrogens with zero attached hydrogens (tertiary/aromatic N) is 5. The molecule has 2 aromatic heterocycles. The highest BCUT2D eigenvalue weighted by Crippen LogP contribution is 2.32. The molecule has 0 unspecified atom stereocenters. The largest absolute Gasteiger partial charge is 0.363 e. The van der Waals surface area contributed by atoms with Crippen molar-refractivity contribution >= 4 is 17.6 Å². The summed E-state index contributed by atoms with van der Waals surface area (Å²) in [5, 5.41) is 20.3. The molecule has 0 aliphatic carbocycles. The van der Waals surface area contributed by atoms with Crippen molar-refractivity contribution in [3.05, 3.63) is 88.1 Å². The molecule has 4 rings (SSSR count). The van der Waals surface area contributed by atoms with Crippen molar-refractivity contribution in [2.24, 2.45) is 0 Å². The number of rotatable bonds is 5. The predicted octanol–water partition coefficient (Wildman–Crippen LogP) is 5.01. The summed E-state index contributed by atoms with van der Waals surface area (Å²) in [5.74, 6) is 0.543. The van der Waals surface area contributed by atoms with E-state index < -0.39 is 4.92 Å². The molecule has 0 bridgehead atoms. The predicted molar refractivity (Wildman–Crippen MR) is 111 cm³/mol. The lowest BCUT2D eigenvalue weighted by Crippen LogP contribution is -2.00. The van der Waals surface area contributed by atoms with Crippen LogP contribution >= 0.6 is 11.8 Å². The third-order valence-corrected chi connectivity index (χ3v) is 5.45. The summed E-state index contributed by atoms with van der Waals surface area (Å²) in [6.45, 7) is 4.14. The summed E-state index contributed by atoms with van der Waals surface area (Å²) >= 11 is 1.36. The molecule has 29 heavy (non-hydrogen) atoms. The van der Waals surface area contributed by atoms with Gasteiger partial charge in [0.15, 0.2) is 12.0 Å². The van der Waals surface area contributed by atoms with Crippen LogP contribution in [-0.2, 0) is 0 Å². The second-order valence-electron chi connectivity index (χ2n) is 6.49. The van der Waals surface area contributed by atoms with Crippen LogP contribution in [0.2, 0.25) is 0 Å². The zero-order valence-corrected chi connectivity index (χ0v) is 16.6. The van der Waals surface area contributed by atoms with Gasteiger partial charge in [-0.3, -0.25) is 4.57 Å². The van der Waals surface area contributed by atoms with Crippen LogP contribution in [0.1, 0.15) is 11.1 Å². The van der Waals surface area contributed by atoms with Crippen molar-refractivity contribution in [3.8, 4) is 17.1 Å². The smallest absolute Gasteiger partial charge is 0.358 e. The third kappa shape index (κ3) is 3.88. The number of aromatic nitrogens is 4. The minimum Gasteiger partial charge on any atom is -0.358 e. The van der Waals surface area contributed by atoms with Gasteiger partial charge >= 0.3 is 5.82 Å². The second kappa shape index (κ2) is 7.84. The van der Waals surface area contributed by atoms with Crippen molar-refractivity contribution < 1.29 is 4.92 Å². The Kier molecular flexibility index (Phi) is 5.09. The average molecular weight is 403 g/mol. The molecule has 0 atom stereocenters. The molecule has 2 aromatic carbocycles. The molecule has 7 nitrogen and oxygen atoms in total. The van der Waals surface area contributed by atoms with Gasteiger partial charge in [-0.15, -0.1) is 10.2 Å². The summed E-state index contributed by atoms with van der Waals surface area (Å²) < 4.78 is 1.99. The Hall–Kier alpha value is -3.52. The molecule has 0 fully saturated rings. The Labute approximate surface area is 171 Å². The molecule has 0 saturated carbocycles. The fourth-order valence-corrected chi connectivity index (χ4v) is 3.67.